The summed E-state index contributed by atoms with van der Waals surface area (Å²) >= 11 is 3.47. The summed E-state index contributed by atoms with van der Waals surface area (Å²) in [6, 6.07) is 9.24. The Labute approximate surface area is 137 Å². The van der Waals surface area contributed by atoms with Crippen molar-refractivity contribution in [3.63, 3.8) is 0 Å². The molecular weight excluding hydrogens is 326 g/mol. The van der Waals surface area contributed by atoms with E-state index in [1.165, 1.54) is 38.0 Å². The predicted octanol–water partition coefficient (Wildman–Crippen LogP) is 3.26. The first-order chi connectivity index (χ1) is 10.1. The molecule has 4 heteroatoms. The molecule has 0 bridgehead atoms. The number of benzene rings is 1. The molecule has 1 aliphatic rings. The smallest absolute Gasteiger partial charge is 0.0307 e. The molecule has 118 valence electrons. The molecule has 3 nitrogen and oxygen atoms in total. The van der Waals surface area contributed by atoms with Crippen molar-refractivity contribution >= 4 is 15.9 Å². The fraction of sp³-hybridized carbons (Fsp3) is 0.647. The van der Waals surface area contributed by atoms with Gasteiger partial charge in [0, 0.05) is 16.6 Å². The number of nitrogens with two attached hydrogens (primary N) is 1. The highest BCUT2D eigenvalue weighted by molar-refractivity contribution is 9.10. The fourth-order valence-electron chi connectivity index (χ4n) is 3.08. The average Bonchev–Trinajstić information content (AvgIpc) is 2.53. The topological polar surface area (TPSA) is 32.5 Å². The second-order valence-electron chi connectivity index (χ2n) is 6.09. The lowest BCUT2D eigenvalue weighted by Gasteiger charge is -2.36. The van der Waals surface area contributed by atoms with Crippen LogP contribution in [0.25, 0.3) is 0 Å². The Kier molecular flexibility index (Phi) is 6.68. The maximum absolute atomic E-state index is 6.32. The van der Waals surface area contributed by atoms with Crippen LogP contribution in [0, 0.1) is 0 Å². The van der Waals surface area contributed by atoms with Gasteiger partial charge in [0.1, 0.15) is 0 Å². The van der Waals surface area contributed by atoms with Gasteiger partial charge in [-0.15, -0.1) is 0 Å². The van der Waals surface area contributed by atoms with Gasteiger partial charge in [0.2, 0.25) is 0 Å². The summed E-state index contributed by atoms with van der Waals surface area (Å²) in [6.07, 6.45) is 3.60. The Morgan fingerprint density at radius 2 is 1.90 bits per heavy atom. The van der Waals surface area contributed by atoms with E-state index in [0.29, 0.717) is 0 Å². The van der Waals surface area contributed by atoms with Crippen molar-refractivity contribution in [3.8, 4) is 0 Å². The first-order valence-electron chi connectivity index (χ1n) is 8.03. The lowest BCUT2D eigenvalue weighted by Crippen LogP contribution is -2.43. The SMILES string of the molecule is CCN1CCC(N(C)CCC(N)c2ccc(Br)cc2)CC1. The van der Waals surface area contributed by atoms with Crippen molar-refractivity contribution < 1.29 is 0 Å². The molecule has 0 spiro atoms. The molecule has 21 heavy (non-hydrogen) atoms. The largest absolute Gasteiger partial charge is 0.324 e. The van der Waals surface area contributed by atoms with E-state index >= 15 is 0 Å². The molecule has 1 heterocycles. The third kappa shape index (κ3) is 5.06. The molecule has 1 unspecified atom stereocenters. The summed E-state index contributed by atoms with van der Waals surface area (Å²) < 4.78 is 1.11. The number of piperidine rings is 1. The van der Waals surface area contributed by atoms with E-state index in [4.69, 9.17) is 5.73 Å². The van der Waals surface area contributed by atoms with Crippen molar-refractivity contribution in [2.24, 2.45) is 5.73 Å². The highest BCUT2D eigenvalue weighted by atomic mass is 79.9. The summed E-state index contributed by atoms with van der Waals surface area (Å²) in [6.45, 7) is 6.99. The molecule has 0 radical (unpaired) electrons. The summed E-state index contributed by atoms with van der Waals surface area (Å²) in [4.78, 5) is 5.05. The zero-order valence-corrected chi connectivity index (χ0v) is 14.8. The van der Waals surface area contributed by atoms with E-state index in [-0.39, 0.29) is 6.04 Å². The third-order valence-corrected chi connectivity index (χ3v) is 5.25. The van der Waals surface area contributed by atoms with Crippen LogP contribution < -0.4 is 5.73 Å². The van der Waals surface area contributed by atoms with Gasteiger partial charge in [-0.1, -0.05) is 35.0 Å². The molecule has 1 atom stereocenters. The molecule has 1 aromatic carbocycles. The maximum atomic E-state index is 6.32. The van der Waals surface area contributed by atoms with Gasteiger partial charge in [-0.05, 0) is 70.2 Å². The molecule has 1 aliphatic heterocycles. The monoisotopic (exact) mass is 353 g/mol. The van der Waals surface area contributed by atoms with Gasteiger partial charge in [0.15, 0.2) is 0 Å². The Morgan fingerprint density at radius 1 is 1.29 bits per heavy atom. The van der Waals surface area contributed by atoms with Crippen LogP contribution in [0.5, 0.6) is 0 Å². The number of hydrogen-bond acceptors (Lipinski definition) is 3. The minimum atomic E-state index is 0.135. The van der Waals surface area contributed by atoms with Gasteiger partial charge in [-0.2, -0.15) is 0 Å². The van der Waals surface area contributed by atoms with Gasteiger partial charge in [-0.25, -0.2) is 0 Å². The Hall–Kier alpha value is -0.420. The molecule has 0 saturated carbocycles. The lowest BCUT2D eigenvalue weighted by molar-refractivity contribution is 0.129. The highest BCUT2D eigenvalue weighted by Gasteiger charge is 2.21. The first-order valence-corrected chi connectivity index (χ1v) is 8.83. The van der Waals surface area contributed by atoms with Crippen LogP contribution in [0.3, 0.4) is 0 Å². The Morgan fingerprint density at radius 3 is 2.48 bits per heavy atom. The molecule has 2 rings (SSSR count). The van der Waals surface area contributed by atoms with E-state index < -0.39 is 0 Å². The average molecular weight is 354 g/mol. The van der Waals surface area contributed by atoms with E-state index in [1.807, 2.05) is 0 Å². The molecule has 0 aromatic heterocycles. The van der Waals surface area contributed by atoms with Crippen LogP contribution in [-0.4, -0.2) is 49.1 Å². The van der Waals surface area contributed by atoms with Gasteiger partial charge < -0.3 is 15.5 Å². The normalized spacial score (nSPS) is 19.1. The van der Waals surface area contributed by atoms with Crippen LogP contribution in [0.15, 0.2) is 28.7 Å². The van der Waals surface area contributed by atoms with Crippen molar-refractivity contribution in [3.05, 3.63) is 34.3 Å². The van der Waals surface area contributed by atoms with Crippen molar-refractivity contribution in [2.45, 2.75) is 38.3 Å². The zero-order valence-electron chi connectivity index (χ0n) is 13.3. The lowest BCUT2D eigenvalue weighted by atomic mass is 10.0. The highest BCUT2D eigenvalue weighted by Crippen LogP contribution is 2.20. The maximum Gasteiger partial charge on any atom is 0.0307 e. The molecule has 0 aliphatic carbocycles. The van der Waals surface area contributed by atoms with Crippen molar-refractivity contribution in [1.82, 2.24) is 9.80 Å². The molecule has 0 amide bonds. The van der Waals surface area contributed by atoms with Crippen molar-refractivity contribution in [1.29, 1.82) is 0 Å². The van der Waals surface area contributed by atoms with Gasteiger partial charge in [0.05, 0.1) is 0 Å². The minimum absolute atomic E-state index is 0.135. The minimum Gasteiger partial charge on any atom is -0.324 e. The molecule has 1 aromatic rings. The Balaban J connectivity index is 1.76. The van der Waals surface area contributed by atoms with E-state index in [1.54, 1.807) is 0 Å². The number of halogens is 1. The number of nitrogens with zero attached hydrogens (tertiary/aromatic N) is 2. The van der Waals surface area contributed by atoms with Crippen LogP contribution >= 0.6 is 15.9 Å². The van der Waals surface area contributed by atoms with Crippen LogP contribution in [0.4, 0.5) is 0 Å². The molecule has 1 fully saturated rings. The Bertz CT molecular complexity index is 413. The first kappa shape index (κ1) is 16.9. The van der Waals surface area contributed by atoms with Gasteiger partial charge in [-0.3, -0.25) is 0 Å². The molecule has 2 N–H and O–H groups in total. The van der Waals surface area contributed by atoms with E-state index in [0.717, 1.165) is 23.5 Å². The number of rotatable bonds is 6. The van der Waals surface area contributed by atoms with Gasteiger partial charge >= 0.3 is 0 Å². The van der Waals surface area contributed by atoms with Crippen LogP contribution in [0.1, 0.15) is 37.8 Å². The predicted molar refractivity (Wildman–Crippen MR) is 93.5 cm³/mol. The molecular formula is C17H28BrN3. The standard InChI is InChI=1S/C17H28BrN3/c1-3-21-12-8-16(9-13-21)20(2)11-10-17(19)14-4-6-15(18)7-5-14/h4-7,16-17H,3,8-13,19H2,1-2H3. The van der Waals surface area contributed by atoms with Gasteiger partial charge in [0.25, 0.3) is 0 Å². The summed E-state index contributed by atoms with van der Waals surface area (Å²) in [5.74, 6) is 0. The van der Waals surface area contributed by atoms with Crippen molar-refractivity contribution in [2.75, 3.05) is 33.2 Å². The second-order valence-corrected chi connectivity index (χ2v) is 7.01. The fourth-order valence-corrected chi connectivity index (χ4v) is 3.34. The number of likely N-dealkylation sites (tertiary alicyclic amines) is 1. The zero-order chi connectivity index (χ0) is 15.2. The van der Waals surface area contributed by atoms with E-state index in [2.05, 4.69) is 64.0 Å². The summed E-state index contributed by atoms with van der Waals surface area (Å²) in [5, 5.41) is 0. The quantitative estimate of drug-likeness (QED) is 0.851. The second kappa shape index (κ2) is 8.28. The molecule has 1 saturated heterocycles. The third-order valence-electron chi connectivity index (χ3n) is 4.72. The summed E-state index contributed by atoms with van der Waals surface area (Å²) in [7, 11) is 2.25. The van der Waals surface area contributed by atoms with E-state index in [9.17, 15) is 0 Å². The van der Waals surface area contributed by atoms with Crippen LogP contribution in [-0.2, 0) is 0 Å². The summed E-state index contributed by atoms with van der Waals surface area (Å²) in [5.41, 5.74) is 7.55. The number of hydrogen-bond donors (Lipinski definition) is 1. The van der Waals surface area contributed by atoms with Crippen LogP contribution in [0.2, 0.25) is 0 Å².